The summed E-state index contributed by atoms with van der Waals surface area (Å²) in [6.45, 7) is 4.12. The van der Waals surface area contributed by atoms with Crippen molar-refractivity contribution in [3.63, 3.8) is 0 Å². The summed E-state index contributed by atoms with van der Waals surface area (Å²) in [5.41, 5.74) is 3.47. The lowest BCUT2D eigenvalue weighted by molar-refractivity contribution is -0.122. The number of halogens is 2. The number of hydrogen-bond donors (Lipinski definition) is 1. The number of rotatable bonds is 6. The van der Waals surface area contributed by atoms with Crippen LogP contribution in [-0.4, -0.2) is 25.0 Å². The zero-order valence-electron chi connectivity index (χ0n) is 21.9. The van der Waals surface area contributed by atoms with Crippen molar-refractivity contribution in [3.05, 3.63) is 104 Å². The molecule has 1 aliphatic rings. The molecule has 4 aromatic rings. The highest BCUT2D eigenvalue weighted by molar-refractivity contribution is 9.10. The van der Waals surface area contributed by atoms with Crippen LogP contribution in [0.2, 0.25) is 5.02 Å². The standard InChI is InChI=1S/C31H24BrClN2O5/c1-17-8-9-20-6-4-5-7-22(20)24(17)16-40-28-26(33)14-19(15-27(28)39-3)13-23-29(36)34-31(38)35(30(23)37)21-10-11-25(32)18(2)12-21/h4-15H,16H2,1-3H3,(H,34,36,38)/b23-13-. The third-order valence-corrected chi connectivity index (χ3v) is 7.87. The number of nitrogens with zero attached hydrogens (tertiary/aromatic N) is 1. The third-order valence-electron chi connectivity index (χ3n) is 6.70. The summed E-state index contributed by atoms with van der Waals surface area (Å²) in [4.78, 5) is 39.5. The van der Waals surface area contributed by atoms with E-state index in [1.54, 1.807) is 30.3 Å². The summed E-state index contributed by atoms with van der Waals surface area (Å²) in [5, 5.41) is 4.66. The Balaban J connectivity index is 1.46. The Kier molecular flexibility index (Phi) is 7.65. The molecule has 0 bridgehead atoms. The van der Waals surface area contributed by atoms with Crippen molar-refractivity contribution in [1.82, 2.24) is 5.32 Å². The van der Waals surface area contributed by atoms with Crippen LogP contribution in [0.15, 0.2) is 76.8 Å². The molecule has 0 atom stereocenters. The van der Waals surface area contributed by atoms with E-state index in [0.717, 1.165) is 36.8 Å². The van der Waals surface area contributed by atoms with Crippen LogP contribution in [0.4, 0.5) is 10.5 Å². The molecule has 1 aliphatic heterocycles. The largest absolute Gasteiger partial charge is 0.493 e. The smallest absolute Gasteiger partial charge is 0.335 e. The molecule has 0 saturated carbocycles. The SMILES string of the molecule is COc1cc(/C=C2/C(=O)NC(=O)N(c3ccc(Br)c(C)c3)C2=O)cc(Cl)c1OCc1c(C)ccc2ccccc12. The molecule has 5 rings (SSSR count). The molecule has 7 nitrogen and oxygen atoms in total. The van der Waals surface area contributed by atoms with Gasteiger partial charge in [-0.3, -0.25) is 14.9 Å². The number of methoxy groups -OCH3 is 1. The Hall–Kier alpha value is -4.14. The van der Waals surface area contributed by atoms with Gasteiger partial charge in [0.25, 0.3) is 11.8 Å². The monoisotopic (exact) mass is 618 g/mol. The minimum atomic E-state index is -0.822. The average Bonchev–Trinajstić information content (AvgIpc) is 2.92. The van der Waals surface area contributed by atoms with Gasteiger partial charge in [-0.1, -0.05) is 63.9 Å². The fourth-order valence-corrected chi connectivity index (χ4v) is 5.09. The highest BCUT2D eigenvalue weighted by Gasteiger charge is 2.37. The molecule has 0 aliphatic carbocycles. The number of anilines is 1. The summed E-state index contributed by atoms with van der Waals surface area (Å²) < 4.78 is 12.5. The molecule has 0 unspecified atom stereocenters. The predicted molar refractivity (Wildman–Crippen MR) is 159 cm³/mol. The average molecular weight is 620 g/mol. The van der Waals surface area contributed by atoms with Gasteiger partial charge in [0.1, 0.15) is 12.2 Å². The fraction of sp³-hybridized carbons (Fsp3) is 0.129. The summed E-state index contributed by atoms with van der Waals surface area (Å²) >= 11 is 10.0. The van der Waals surface area contributed by atoms with Crippen LogP contribution in [0.1, 0.15) is 22.3 Å². The minimum Gasteiger partial charge on any atom is -0.493 e. The highest BCUT2D eigenvalue weighted by Crippen LogP contribution is 2.38. The van der Waals surface area contributed by atoms with E-state index in [1.807, 2.05) is 44.2 Å². The number of imide groups is 2. The zero-order valence-corrected chi connectivity index (χ0v) is 24.2. The normalized spacial score (nSPS) is 14.6. The first-order chi connectivity index (χ1) is 19.2. The number of benzene rings is 4. The second kappa shape index (κ2) is 11.2. The van der Waals surface area contributed by atoms with Gasteiger partial charge in [0.05, 0.1) is 17.8 Å². The predicted octanol–water partition coefficient (Wildman–Crippen LogP) is 7.13. The molecule has 1 N–H and O–H groups in total. The maximum Gasteiger partial charge on any atom is 0.335 e. The van der Waals surface area contributed by atoms with E-state index in [0.29, 0.717) is 22.7 Å². The van der Waals surface area contributed by atoms with Gasteiger partial charge >= 0.3 is 6.03 Å². The van der Waals surface area contributed by atoms with Gasteiger partial charge in [0, 0.05) is 10.0 Å². The Morgan fingerprint density at radius 2 is 1.75 bits per heavy atom. The first kappa shape index (κ1) is 27.4. The number of barbiturate groups is 1. The summed E-state index contributed by atoms with van der Waals surface area (Å²) in [6, 6.07) is 19.6. The summed E-state index contributed by atoms with van der Waals surface area (Å²) in [5.74, 6) is -0.892. The van der Waals surface area contributed by atoms with Crippen molar-refractivity contribution in [2.75, 3.05) is 12.0 Å². The molecule has 1 saturated heterocycles. The Morgan fingerprint density at radius 3 is 2.50 bits per heavy atom. The number of carbonyl (C=O) groups is 3. The highest BCUT2D eigenvalue weighted by atomic mass is 79.9. The molecule has 0 spiro atoms. The zero-order chi connectivity index (χ0) is 28.6. The molecule has 1 fully saturated rings. The van der Waals surface area contributed by atoms with Crippen LogP contribution in [0, 0.1) is 13.8 Å². The van der Waals surface area contributed by atoms with Gasteiger partial charge in [-0.2, -0.15) is 0 Å². The Labute approximate surface area is 244 Å². The van der Waals surface area contributed by atoms with Gasteiger partial charge in [-0.25, -0.2) is 9.69 Å². The molecule has 9 heteroatoms. The van der Waals surface area contributed by atoms with Crippen molar-refractivity contribution in [2.24, 2.45) is 0 Å². The van der Waals surface area contributed by atoms with Crippen molar-refractivity contribution in [2.45, 2.75) is 20.5 Å². The van der Waals surface area contributed by atoms with Crippen LogP contribution in [0.25, 0.3) is 16.8 Å². The first-order valence-corrected chi connectivity index (χ1v) is 13.5. The van der Waals surface area contributed by atoms with E-state index in [-0.39, 0.29) is 17.2 Å². The van der Waals surface area contributed by atoms with Gasteiger partial charge in [0.15, 0.2) is 11.5 Å². The first-order valence-electron chi connectivity index (χ1n) is 12.3. The number of hydrogen-bond acceptors (Lipinski definition) is 5. The quantitative estimate of drug-likeness (QED) is 0.183. The van der Waals surface area contributed by atoms with Crippen LogP contribution >= 0.6 is 27.5 Å². The van der Waals surface area contributed by atoms with Crippen molar-refractivity contribution in [3.8, 4) is 11.5 Å². The second-order valence-electron chi connectivity index (χ2n) is 9.30. The molecule has 40 heavy (non-hydrogen) atoms. The van der Waals surface area contributed by atoms with Crippen LogP contribution in [0.5, 0.6) is 11.5 Å². The van der Waals surface area contributed by atoms with Crippen LogP contribution < -0.4 is 19.7 Å². The number of aryl methyl sites for hydroxylation is 2. The summed E-state index contributed by atoms with van der Waals surface area (Å²) in [6.07, 6.45) is 1.37. The number of fused-ring (bicyclic) bond motifs is 1. The van der Waals surface area contributed by atoms with E-state index in [9.17, 15) is 14.4 Å². The number of carbonyl (C=O) groups excluding carboxylic acids is 3. The van der Waals surface area contributed by atoms with Gasteiger partial charge in [-0.15, -0.1) is 0 Å². The molecular weight excluding hydrogens is 596 g/mol. The second-order valence-corrected chi connectivity index (χ2v) is 10.6. The molecule has 4 aromatic carbocycles. The topological polar surface area (TPSA) is 84.9 Å². The lowest BCUT2D eigenvalue weighted by atomic mass is 10.0. The fourth-order valence-electron chi connectivity index (χ4n) is 4.57. The van der Waals surface area contributed by atoms with E-state index in [1.165, 1.54) is 13.2 Å². The molecule has 202 valence electrons. The van der Waals surface area contributed by atoms with Crippen molar-refractivity contribution >= 4 is 67.9 Å². The number of urea groups is 1. The van der Waals surface area contributed by atoms with E-state index >= 15 is 0 Å². The number of amides is 4. The Morgan fingerprint density at radius 1 is 0.975 bits per heavy atom. The summed E-state index contributed by atoms with van der Waals surface area (Å²) in [7, 11) is 1.48. The third kappa shape index (κ3) is 5.20. The van der Waals surface area contributed by atoms with Gasteiger partial charge in [0.2, 0.25) is 0 Å². The van der Waals surface area contributed by atoms with E-state index in [4.69, 9.17) is 21.1 Å². The maximum atomic E-state index is 13.3. The molecule has 0 radical (unpaired) electrons. The number of ether oxygens (including phenoxy) is 2. The van der Waals surface area contributed by atoms with E-state index < -0.39 is 17.8 Å². The lowest BCUT2D eigenvalue weighted by Gasteiger charge is -2.26. The van der Waals surface area contributed by atoms with Crippen molar-refractivity contribution in [1.29, 1.82) is 0 Å². The lowest BCUT2D eigenvalue weighted by Crippen LogP contribution is -2.54. The van der Waals surface area contributed by atoms with E-state index in [2.05, 4.69) is 27.3 Å². The van der Waals surface area contributed by atoms with Crippen molar-refractivity contribution < 1.29 is 23.9 Å². The van der Waals surface area contributed by atoms with Crippen LogP contribution in [0.3, 0.4) is 0 Å². The molecular formula is C31H24BrClN2O5. The number of nitrogens with one attached hydrogen (secondary N) is 1. The molecule has 4 amide bonds. The molecule has 0 aromatic heterocycles. The van der Waals surface area contributed by atoms with Gasteiger partial charge < -0.3 is 9.47 Å². The maximum absolute atomic E-state index is 13.3. The minimum absolute atomic E-state index is 0.224. The Bertz CT molecular complexity index is 1730. The van der Waals surface area contributed by atoms with Crippen LogP contribution in [-0.2, 0) is 16.2 Å². The molecule has 1 heterocycles. The van der Waals surface area contributed by atoms with Gasteiger partial charge in [-0.05, 0) is 77.7 Å².